The second-order valence-corrected chi connectivity index (χ2v) is 5.34. The summed E-state index contributed by atoms with van der Waals surface area (Å²) in [6, 6.07) is 9.47. The fraction of sp³-hybridized carbons (Fsp3) is 0.571. The number of hydrogen-bond acceptors (Lipinski definition) is 1. The van der Waals surface area contributed by atoms with Gasteiger partial charge in [0, 0.05) is 24.2 Å². The van der Waals surface area contributed by atoms with Crippen LogP contribution in [-0.2, 0) is 5.88 Å². The topological polar surface area (TPSA) is 3.24 Å². The fourth-order valence-corrected chi connectivity index (χ4v) is 2.20. The van der Waals surface area contributed by atoms with Gasteiger partial charge in [0.1, 0.15) is 0 Å². The third-order valence-corrected chi connectivity index (χ3v) is 3.28. The minimum atomic E-state index is 0.605. The average Bonchev–Trinajstić information content (AvgIpc) is 3.10. The Hall–Kier alpha value is -0.690. The molecule has 2 rings (SSSR count). The van der Waals surface area contributed by atoms with Crippen LogP contribution in [0.25, 0.3) is 0 Å². The number of nitrogens with zero attached hydrogens (tertiary/aromatic N) is 1. The van der Waals surface area contributed by atoms with Gasteiger partial charge in [-0.25, -0.2) is 0 Å². The zero-order valence-electron chi connectivity index (χ0n) is 10.1. The summed E-state index contributed by atoms with van der Waals surface area (Å²) >= 11 is 5.80. The van der Waals surface area contributed by atoms with E-state index < -0.39 is 0 Å². The maximum Gasteiger partial charge on any atom is 0.0474 e. The van der Waals surface area contributed by atoms with Gasteiger partial charge in [0.15, 0.2) is 0 Å². The summed E-state index contributed by atoms with van der Waals surface area (Å²) in [6.45, 7) is 5.72. The summed E-state index contributed by atoms with van der Waals surface area (Å²) in [5.41, 5.74) is 2.55. The molecule has 0 aliphatic heterocycles. The summed E-state index contributed by atoms with van der Waals surface area (Å²) in [6.07, 6.45) is 2.70. The van der Waals surface area contributed by atoms with Gasteiger partial charge in [0.2, 0.25) is 0 Å². The molecule has 0 spiro atoms. The van der Waals surface area contributed by atoms with E-state index in [-0.39, 0.29) is 0 Å². The van der Waals surface area contributed by atoms with E-state index in [0.717, 1.165) is 12.6 Å². The van der Waals surface area contributed by atoms with Gasteiger partial charge in [-0.05, 0) is 36.5 Å². The Labute approximate surface area is 103 Å². The van der Waals surface area contributed by atoms with Crippen molar-refractivity contribution in [3.8, 4) is 0 Å². The van der Waals surface area contributed by atoms with E-state index in [4.69, 9.17) is 11.6 Å². The fourth-order valence-electron chi connectivity index (χ4n) is 2.02. The lowest BCUT2D eigenvalue weighted by molar-refractivity contribution is 0.607. The molecule has 1 fully saturated rings. The molecule has 88 valence electrons. The molecule has 0 radical (unpaired) electrons. The number of anilines is 1. The molecule has 0 saturated heterocycles. The van der Waals surface area contributed by atoms with Crippen LogP contribution >= 0.6 is 11.6 Å². The van der Waals surface area contributed by atoms with E-state index in [0.29, 0.717) is 11.8 Å². The highest BCUT2D eigenvalue weighted by molar-refractivity contribution is 6.17. The largest absolute Gasteiger partial charge is 0.368 e. The summed E-state index contributed by atoms with van der Waals surface area (Å²) < 4.78 is 0. The molecule has 0 atom stereocenters. The van der Waals surface area contributed by atoms with Crippen molar-refractivity contribution in [2.75, 3.05) is 11.4 Å². The first-order valence-electron chi connectivity index (χ1n) is 6.12. The molecule has 16 heavy (non-hydrogen) atoms. The predicted octanol–water partition coefficient (Wildman–Crippen LogP) is 4.05. The van der Waals surface area contributed by atoms with E-state index in [1.54, 1.807) is 0 Å². The van der Waals surface area contributed by atoms with Crippen LogP contribution in [0.4, 0.5) is 5.69 Å². The number of benzene rings is 1. The second kappa shape index (κ2) is 5.09. The molecular weight excluding hydrogens is 218 g/mol. The second-order valence-electron chi connectivity index (χ2n) is 5.08. The maximum absolute atomic E-state index is 5.80. The van der Waals surface area contributed by atoms with Crippen molar-refractivity contribution in [2.24, 2.45) is 5.92 Å². The van der Waals surface area contributed by atoms with Crippen LogP contribution in [0.15, 0.2) is 24.3 Å². The number of alkyl halides is 1. The lowest BCUT2D eigenvalue weighted by atomic mass is 10.1. The smallest absolute Gasteiger partial charge is 0.0474 e. The van der Waals surface area contributed by atoms with E-state index in [2.05, 4.69) is 43.0 Å². The molecule has 1 aromatic carbocycles. The molecule has 0 amide bonds. The van der Waals surface area contributed by atoms with E-state index in [9.17, 15) is 0 Å². The zero-order valence-corrected chi connectivity index (χ0v) is 10.9. The molecule has 1 nitrogen and oxygen atoms in total. The Morgan fingerprint density at radius 3 is 2.31 bits per heavy atom. The molecule has 0 aromatic heterocycles. The minimum absolute atomic E-state index is 0.605. The summed E-state index contributed by atoms with van der Waals surface area (Å²) in [5.74, 6) is 1.32. The van der Waals surface area contributed by atoms with Gasteiger partial charge in [-0.3, -0.25) is 0 Å². The predicted molar refractivity (Wildman–Crippen MR) is 71.2 cm³/mol. The molecule has 0 N–H and O–H groups in total. The van der Waals surface area contributed by atoms with Crippen LogP contribution < -0.4 is 4.90 Å². The van der Waals surface area contributed by atoms with Gasteiger partial charge in [-0.1, -0.05) is 26.0 Å². The minimum Gasteiger partial charge on any atom is -0.368 e. The molecule has 1 aromatic rings. The Morgan fingerprint density at radius 2 is 1.88 bits per heavy atom. The van der Waals surface area contributed by atoms with Gasteiger partial charge < -0.3 is 4.90 Å². The Morgan fingerprint density at radius 1 is 1.25 bits per heavy atom. The van der Waals surface area contributed by atoms with Gasteiger partial charge in [0.05, 0.1) is 0 Å². The standard InChI is InChI=1S/C14H20ClN/c1-11(2)10-16(14-7-8-14)13-5-3-12(9-15)4-6-13/h3-6,11,14H,7-10H2,1-2H3. The van der Waals surface area contributed by atoms with Crippen LogP contribution in [0.1, 0.15) is 32.3 Å². The lowest BCUT2D eigenvalue weighted by Gasteiger charge is -2.26. The van der Waals surface area contributed by atoms with Crippen molar-refractivity contribution in [2.45, 2.75) is 38.6 Å². The van der Waals surface area contributed by atoms with Gasteiger partial charge in [0.25, 0.3) is 0 Å². The molecule has 0 bridgehead atoms. The molecule has 1 saturated carbocycles. The molecular formula is C14H20ClN. The highest BCUT2D eigenvalue weighted by Gasteiger charge is 2.29. The zero-order chi connectivity index (χ0) is 11.5. The van der Waals surface area contributed by atoms with E-state index >= 15 is 0 Å². The van der Waals surface area contributed by atoms with Gasteiger partial charge in [-0.2, -0.15) is 0 Å². The first-order chi connectivity index (χ1) is 7.70. The summed E-state index contributed by atoms with van der Waals surface area (Å²) in [7, 11) is 0. The monoisotopic (exact) mass is 237 g/mol. The van der Waals surface area contributed by atoms with Crippen LogP contribution in [0.5, 0.6) is 0 Å². The molecule has 1 aliphatic rings. The molecule has 1 aliphatic carbocycles. The van der Waals surface area contributed by atoms with Crippen LogP contribution in [-0.4, -0.2) is 12.6 Å². The SMILES string of the molecule is CC(C)CN(c1ccc(CCl)cc1)C1CC1. The molecule has 0 heterocycles. The van der Waals surface area contributed by atoms with Crippen molar-refractivity contribution < 1.29 is 0 Å². The molecule has 0 unspecified atom stereocenters. The number of rotatable bonds is 5. The van der Waals surface area contributed by atoms with Crippen LogP contribution in [0.3, 0.4) is 0 Å². The van der Waals surface area contributed by atoms with Gasteiger partial charge >= 0.3 is 0 Å². The first-order valence-corrected chi connectivity index (χ1v) is 6.65. The Balaban J connectivity index is 2.11. The van der Waals surface area contributed by atoms with Crippen molar-refractivity contribution in [3.63, 3.8) is 0 Å². The normalized spacial score (nSPS) is 15.5. The van der Waals surface area contributed by atoms with Crippen molar-refractivity contribution in [3.05, 3.63) is 29.8 Å². The van der Waals surface area contributed by atoms with Crippen molar-refractivity contribution in [1.29, 1.82) is 0 Å². The Bertz CT molecular complexity index is 327. The van der Waals surface area contributed by atoms with Crippen molar-refractivity contribution in [1.82, 2.24) is 0 Å². The van der Waals surface area contributed by atoms with E-state index in [1.807, 2.05) is 0 Å². The highest BCUT2D eigenvalue weighted by Crippen LogP contribution is 2.32. The average molecular weight is 238 g/mol. The van der Waals surface area contributed by atoms with Crippen LogP contribution in [0, 0.1) is 5.92 Å². The number of hydrogen-bond donors (Lipinski definition) is 0. The van der Waals surface area contributed by atoms with Gasteiger partial charge in [-0.15, -0.1) is 11.6 Å². The number of halogens is 1. The highest BCUT2D eigenvalue weighted by atomic mass is 35.5. The molecule has 2 heteroatoms. The van der Waals surface area contributed by atoms with Crippen LogP contribution in [0.2, 0.25) is 0 Å². The third kappa shape index (κ3) is 2.91. The lowest BCUT2D eigenvalue weighted by Crippen LogP contribution is -2.29. The summed E-state index contributed by atoms with van der Waals surface area (Å²) in [4.78, 5) is 2.54. The quantitative estimate of drug-likeness (QED) is 0.699. The van der Waals surface area contributed by atoms with Crippen molar-refractivity contribution >= 4 is 17.3 Å². The summed E-state index contributed by atoms with van der Waals surface area (Å²) in [5, 5.41) is 0. The first kappa shape index (κ1) is 11.8. The Kier molecular flexibility index (Phi) is 3.75. The van der Waals surface area contributed by atoms with E-state index in [1.165, 1.54) is 24.1 Å². The third-order valence-electron chi connectivity index (χ3n) is 2.97. The maximum atomic E-state index is 5.80.